The van der Waals surface area contributed by atoms with Crippen LogP contribution in [-0.4, -0.2) is 38.6 Å². The molecule has 1 rings (SSSR count). The highest BCUT2D eigenvalue weighted by atomic mass is 32.2. The first kappa shape index (κ1) is 10.7. The summed E-state index contributed by atoms with van der Waals surface area (Å²) in [6.45, 7) is 1.90. The zero-order valence-electron chi connectivity index (χ0n) is 7.80. The Hall–Kier alpha value is -1.37. The molecule has 0 saturated heterocycles. The lowest BCUT2D eigenvalue weighted by molar-refractivity contribution is -0.137. The van der Waals surface area contributed by atoms with E-state index in [1.54, 1.807) is 6.92 Å². The van der Waals surface area contributed by atoms with E-state index in [0.29, 0.717) is 0 Å². The van der Waals surface area contributed by atoms with Gasteiger partial charge in [0.1, 0.15) is 0 Å². The van der Waals surface area contributed by atoms with Crippen molar-refractivity contribution < 1.29 is 17.9 Å². The lowest BCUT2D eigenvalue weighted by Gasteiger charge is -2.15. The maximum absolute atomic E-state index is 11.2. The molecule has 0 bridgehead atoms. The number of carbonyl (C=O) groups excluding carboxylic acids is 1. The topological polar surface area (TPSA) is 76.0 Å². The summed E-state index contributed by atoms with van der Waals surface area (Å²) in [6.07, 6.45) is 2.15. The molecule has 0 atom stereocenters. The number of hydrogen-bond acceptors (Lipinski definition) is 4. The van der Waals surface area contributed by atoms with Gasteiger partial charge in [0.15, 0.2) is 0 Å². The lowest BCUT2D eigenvalue weighted by Crippen LogP contribution is -2.25. The van der Waals surface area contributed by atoms with E-state index in [2.05, 4.69) is 9.13 Å². The van der Waals surface area contributed by atoms with Crippen molar-refractivity contribution in [1.29, 1.82) is 0 Å². The van der Waals surface area contributed by atoms with Crippen LogP contribution in [0, 0.1) is 0 Å². The molecule has 6 nitrogen and oxygen atoms in total. The maximum Gasteiger partial charge on any atom is 0.343 e. The molecule has 1 heterocycles. The predicted octanol–water partition coefficient (Wildman–Crippen LogP) is -0.306. The van der Waals surface area contributed by atoms with Crippen LogP contribution >= 0.6 is 0 Å². The van der Waals surface area contributed by atoms with Gasteiger partial charge in [0, 0.05) is 13.2 Å². The number of ether oxygens (including phenoxy) is 1. The van der Waals surface area contributed by atoms with Crippen LogP contribution < -0.4 is 0 Å². The summed E-state index contributed by atoms with van der Waals surface area (Å²) < 4.78 is 30.8. The smallest absolute Gasteiger partial charge is 0.343 e. The number of rotatable bonds is 2. The molecule has 0 amide bonds. The molecule has 0 spiro atoms. The Kier molecular flexibility index (Phi) is 2.90. The average molecular weight is 218 g/mol. The molecule has 14 heavy (non-hydrogen) atoms. The first-order chi connectivity index (χ1) is 6.47. The van der Waals surface area contributed by atoms with Gasteiger partial charge in [-0.3, -0.25) is 4.31 Å². The number of carbonyl (C=O) groups is 1. The van der Waals surface area contributed by atoms with Crippen LogP contribution in [0.3, 0.4) is 0 Å². The monoisotopic (exact) mass is 218 g/mol. The highest BCUT2D eigenvalue weighted by Crippen LogP contribution is 2.10. The summed E-state index contributed by atoms with van der Waals surface area (Å²) in [6, 6.07) is 0. The molecule has 1 aliphatic rings. The highest BCUT2D eigenvalue weighted by Gasteiger charge is 2.21. The second-order valence-electron chi connectivity index (χ2n) is 2.53. The normalized spacial score (nSPS) is 19.0. The quantitative estimate of drug-likeness (QED) is 0.596. The Morgan fingerprint density at radius 3 is 2.79 bits per heavy atom. The van der Waals surface area contributed by atoms with Gasteiger partial charge in [0.05, 0.1) is 18.4 Å². The van der Waals surface area contributed by atoms with Crippen molar-refractivity contribution in [2.75, 3.05) is 13.7 Å². The Labute approximate surface area is 82.1 Å². The van der Waals surface area contributed by atoms with Crippen LogP contribution in [0.4, 0.5) is 0 Å². The van der Waals surface area contributed by atoms with Crippen molar-refractivity contribution in [2.24, 2.45) is 4.40 Å². The average Bonchev–Trinajstić information content (AvgIpc) is 2.10. The van der Waals surface area contributed by atoms with E-state index < -0.39 is 16.2 Å². The molecule has 7 heteroatoms. The molecular weight excluding hydrogens is 208 g/mol. The van der Waals surface area contributed by atoms with Crippen LogP contribution in [-0.2, 0) is 19.7 Å². The van der Waals surface area contributed by atoms with Crippen molar-refractivity contribution in [3.63, 3.8) is 0 Å². The maximum atomic E-state index is 11.2. The second kappa shape index (κ2) is 3.79. The van der Waals surface area contributed by atoms with Gasteiger partial charge in [0.25, 0.3) is 0 Å². The van der Waals surface area contributed by atoms with E-state index in [0.717, 1.165) is 10.5 Å². The third-order valence-corrected chi connectivity index (χ3v) is 2.73. The molecular formula is C7H10N2O4S. The Bertz CT molecular complexity index is 396. The largest absolute Gasteiger partial charge is 0.462 e. The third kappa shape index (κ3) is 2.11. The molecule has 0 unspecified atom stereocenters. The fourth-order valence-electron chi connectivity index (χ4n) is 0.813. The van der Waals surface area contributed by atoms with Crippen molar-refractivity contribution in [3.05, 3.63) is 11.8 Å². The van der Waals surface area contributed by atoms with Crippen molar-refractivity contribution in [2.45, 2.75) is 6.92 Å². The Morgan fingerprint density at radius 2 is 2.29 bits per heavy atom. The van der Waals surface area contributed by atoms with E-state index in [1.165, 1.54) is 13.2 Å². The fourth-order valence-corrected chi connectivity index (χ4v) is 1.46. The van der Waals surface area contributed by atoms with Crippen LogP contribution in [0.1, 0.15) is 6.92 Å². The molecule has 0 aromatic heterocycles. The number of esters is 1. The Morgan fingerprint density at radius 1 is 1.64 bits per heavy atom. The van der Waals surface area contributed by atoms with E-state index in [1.807, 2.05) is 0 Å². The van der Waals surface area contributed by atoms with Gasteiger partial charge in [-0.05, 0) is 6.92 Å². The van der Waals surface area contributed by atoms with Gasteiger partial charge < -0.3 is 4.74 Å². The minimum atomic E-state index is -3.62. The van der Waals surface area contributed by atoms with E-state index in [4.69, 9.17) is 0 Å². The van der Waals surface area contributed by atoms with Gasteiger partial charge in [-0.15, -0.1) is 0 Å². The second-order valence-corrected chi connectivity index (χ2v) is 4.22. The molecule has 1 aliphatic heterocycles. The van der Waals surface area contributed by atoms with Crippen LogP contribution in [0.15, 0.2) is 16.2 Å². The van der Waals surface area contributed by atoms with Crippen molar-refractivity contribution >= 4 is 22.4 Å². The summed E-state index contributed by atoms with van der Waals surface area (Å²) in [7, 11) is -2.33. The zero-order valence-corrected chi connectivity index (χ0v) is 8.61. The zero-order chi connectivity index (χ0) is 10.8. The molecule has 0 saturated carbocycles. The van der Waals surface area contributed by atoms with Crippen LogP contribution in [0.25, 0.3) is 0 Å². The standard InChI is InChI=1S/C7H10N2O4S/c1-3-13-7(10)6-4-8-14(11,12)9(2)5-6/h4-5H,3H2,1-2H3. The van der Waals surface area contributed by atoms with Crippen molar-refractivity contribution in [1.82, 2.24) is 4.31 Å². The predicted molar refractivity (Wildman–Crippen MR) is 49.9 cm³/mol. The molecule has 0 radical (unpaired) electrons. The third-order valence-electron chi connectivity index (χ3n) is 1.52. The minimum Gasteiger partial charge on any atom is -0.462 e. The minimum absolute atomic E-state index is 0.115. The van der Waals surface area contributed by atoms with Crippen LogP contribution in [0.2, 0.25) is 0 Å². The fraction of sp³-hybridized carbons (Fsp3) is 0.429. The van der Waals surface area contributed by atoms with Crippen molar-refractivity contribution in [3.8, 4) is 0 Å². The molecule has 0 N–H and O–H groups in total. The van der Waals surface area contributed by atoms with Gasteiger partial charge in [0.2, 0.25) is 0 Å². The summed E-state index contributed by atoms with van der Waals surface area (Å²) in [5.41, 5.74) is 0.115. The highest BCUT2D eigenvalue weighted by molar-refractivity contribution is 7.88. The van der Waals surface area contributed by atoms with Gasteiger partial charge in [-0.1, -0.05) is 0 Å². The molecule has 0 aromatic carbocycles. The molecule has 0 aliphatic carbocycles. The van der Waals surface area contributed by atoms with Gasteiger partial charge in [-0.25, -0.2) is 4.79 Å². The summed E-state index contributed by atoms with van der Waals surface area (Å²) in [5, 5.41) is 0. The summed E-state index contributed by atoms with van der Waals surface area (Å²) >= 11 is 0. The number of nitrogens with zero attached hydrogens (tertiary/aromatic N) is 2. The first-order valence-corrected chi connectivity index (χ1v) is 5.29. The molecule has 78 valence electrons. The molecule has 0 fully saturated rings. The van der Waals surface area contributed by atoms with Gasteiger partial charge in [-0.2, -0.15) is 12.8 Å². The SMILES string of the molecule is CCOC(=O)C1=CN(C)S(=O)(=O)N=C1. The van der Waals surface area contributed by atoms with E-state index in [9.17, 15) is 13.2 Å². The number of hydrogen-bond donors (Lipinski definition) is 0. The molecule has 0 aromatic rings. The first-order valence-electron chi connectivity index (χ1n) is 3.89. The summed E-state index contributed by atoms with van der Waals surface area (Å²) in [5.74, 6) is -0.585. The Balaban J connectivity index is 2.88. The van der Waals surface area contributed by atoms with E-state index >= 15 is 0 Å². The van der Waals surface area contributed by atoms with Gasteiger partial charge >= 0.3 is 16.2 Å². The van der Waals surface area contributed by atoms with Crippen LogP contribution in [0.5, 0.6) is 0 Å². The van der Waals surface area contributed by atoms with E-state index in [-0.39, 0.29) is 12.2 Å². The lowest BCUT2D eigenvalue weighted by atomic mass is 10.3. The summed E-state index contributed by atoms with van der Waals surface area (Å²) in [4.78, 5) is 11.2.